The zero-order valence-electron chi connectivity index (χ0n) is 9.18. The van der Waals surface area contributed by atoms with Gasteiger partial charge in [-0.3, -0.25) is 10.1 Å². The Morgan fingerprint density at radius 1 is 1.47 bits per heavy atom. The molecule has 0 aliphatic carbocycles. The van der Waals surface area contributed by atoms with Crippen LogP contribution in [0.3, 0.4) is 0 Å². The number of rotatable bonds is 5. The van der Waals surface area contributed by atoms with E-state index in [4.69, 9.17) is 21.8 Å². The Morgan fingerprint density at radius 2 is 2.06 bits per heavy atom. The summed E-state index contributed by atoms with van der Waals surface area (Å²) in [5.74, 6) is 0. The van der Waals surface area contributed by atoms with E-state index in [1.165, 1.54) is 12.1 Å². The van der Waals surface area contributed by atoms with Gasteiger partial charge in [-0.15, -0.1) is 0 Å². The van der Waals surface area contributed by atoms with Crippen molar-refractivity contribution in [1.29, 1.82) is 0 Å². The summed E-state index contributed by atoms with van der Waals surface area (Å²) in [7, 11) is 0. The number of nitro groups is 1. The second-order valence-corrected chi connectivity index (χ2v) is 3.99. The van der Waals surface area contributed by atoms with E-state index < -0.39 is 11.0 Å². The minimum atomic E-state index is -0.561. The Labute approximate surface area is 103 Å². The van der Waals surface area contributed by atoms with E-state index in [0.717, 1.165) is 0 Å². The predicted molar refractivity (Wildman–Crippen MR) is 64.4 cm³/mol. The standard InChI is InChI=1S/C10H13ClN2O4/c1-6-2-10(13(16)17)8(11)3-9(6)12-7(4-14)5-15/h2-3,7,12,14-15H,4-5H2,1H3. The van der Waals surface area contributed by atoms with Gasteiger partial charge in [0.2, 0.25) is 0 Å². The number of hydrogen-bond donors (Lipinski definition) is 3. The monoisotopic (exact) mass is 260 g/mol. The van der Waals surface area contributed by atoms with Crippen molar-refractivity contribution in [2.45, 2.75) is 13.0 Å². The van der Waals surface area contributed by atoms with E-state index in [0.29, 0.717) is 11.3 Å². The third-order valence-electron chi connectivity index (χ3n) is 2.29. The number of anilines is 1. The zero-order chi connectivity index (χ0) is 13.0. The fourth-order valence-electron chi connectivity index (χ4n) is 1.33. The first-order valence-corrected chi connectivity index (χ1v) is 5.30. The van der Waals surface area contributed by atoms with Gasteiger partial charge in [-0.2, -0.15) is 0 Å². The number of nitrogens with one attached hydrogen (secondary N) is 1. The fraction of sp³-hybridized carbons (Fsp3) is 0.400. The molecule has 1 aromatic rings. The summed E-state index contributed by atoms with van der Waals surface area (Å²) in [4.78, 5) is 10.1. The van der Waals surface area contributed by atoms with Crippen LogP contribution in [-0.4, -0.2) is 34.4 Å². The fourth-order valence-corrected chi connectivity index (χ4v) is 1.56. The van der Waals surface area contributed by atoms with Crippen molar-refractivity contribution in [2.75, 3.05) is 18.5 Å². The number of hydrogen-bond acceptors (Lipinski definition) is 5. The molecule has 0 saturated carbocycles. The Morgan fingerprint density at radius 3 is 2.53 bits per heavy atom. The van der Waals surface area contributed by atoms with E-state index in [1.807, 2.05) is 0 Å². The van der Waals surface area contributed by atoms with Crippen molar-refractivity contribution < 1.29 is 15.1 Å². The summed E-state index contributed by atoms with van der Waals surface area (Å²) in [5.41, 5.74) is 1.00. The van der Waals surface area contributed by atoms with Gasteiger partial charge in [-0.05, 0) is 18.6 Å². The third kappa shape index (κ3) is 3.29. The molecule has 7 heteroatoms. The maximum atomic E-state index is 10.6. The molecule has 0 spiro atoms. The quantitative estimate of drug-likeness (QED) is 0.548. The van der Waals surface area contributed by atoms with Crippen molar-refractivity contribution in [3.8, 4) is 0 Å². The molecule has 94 valence electrons. The normalized spacial score (nSPS) is 10.6. The Kier molecular flexibility index (Phi) is 4.68. The van der Waals surface area contributed by atoms with E-state index in [-0.39, 0.29) is 23.9 Å². The molecule has 0 unspecified atom stereocenters. The predicted octanol–water partition coefficient (Wildman–Crippen LogP) is 1.32. The Bertz CT molecular complexity index is 421. The maximum absolute atomic E-state index is 10.6. The lowest BCUT2D eigenvalue weighted by Gasteiger charge is -2.16. The molecule has 0 fully saturated rings. The van der Waals surface area contributed by atoms with Crippen molar-refractivity contribution in [2.24, 2.45) is 0 Å². The number of aryl methyl sites for hydroxylation is 1. The second kappa shape index (κ2) is 5.81. The first-order chi connectivity index (χ1) is 7.99. The molecule has 0 bridgehead atoms. The van der Waals surface area contributed by atoms with Crippen LogP contribution in [-0.2, 0) is 0 Å². The van der Waals surface area contributed by atoms with Gasteiger partial charge in [0.25, 0.3) is 5.69 Å². The lowest BCUT2D eigenvalue weighted by molar-refractivity contribution is -0.384. The number of benzene rings is 1. The summed E-state index contributed by atoms with van der Waals surface area (Å²) >= 11 is 5.76. The largest absolute Gasteiger partial charge is 0.394 e. The van der Waals surface area contributed by atoms with E-state index in [2.05, 4.69) is 5.32 Å². The number of nitro benzene ring substituents is 1. The van der Waals surface area contributed by atoms with Gasteiger partial charge >= 0.3 is 0 Å². The molecule has 1 aromatic carbocycles. The van der Waals surface area contributed by atoms with Gasteiger partial charge in [0.05, 0.1) is 24.2 Å². The van der Waals surface area contributed by atoms with Crippen LogP contribution in [0, 0.1) is 17.0 Å². The SMILES string of the molecule is Cc1cc([N+](=O)[O-])c(Cl)cc1NC(CO)CO. The van der Waals surface area contributed by atoms with E-state index >= 15 is 0 Å². The van der Waals surface area contributed by atoms with Gasteiger partial charge in [0.1, 0.15) is 5.02 Å². The number of aliphatic hydroxyl groups excluding tert-OH is 2. The molecule has 0 amide bonds. The Balaban J connectivity index is 3.03. The van der Waals surface area contributed by atoms with Crippen LogP contribution >= 0.6 is 11.6 Å². The maximum Gasteiger partial charge on any atom is 0.288 e. The van der Waals surface area contributed by atoms with Crippen LogP contribution in [0.4, 0.5) is 11.4 Å². The minimum absolute atomic E-state index is 0.0118. The summed E-state index contributed by atoms with van der Waals surface area (Å²) in [6.45, 7) is 1.19. The summed E-state index contributed by atoms with van der Waals surface area (Å²) in [6, 6.07) is 2.23. The molecule has 0 aliphatic rings. The molecular weight excluding hydrogens is 248 g/mol. The average Bonchev–Trinajstić information content (AvgIpc) is 2.29. The molecule has 0 radical (unpaired) electrons. The lowest BCUT2D eigenvalue weighted by Crippen LogP contribution is -2.28. The number of halogens is 1. The first-order valence-electron chi connectivity index (χ1n) is 4.92. The topological polar surface area (TPSA) is 95.6 Å². The highest BCUT2D eigenvalue weighted by Gasteiger charge is 2.16. The number of nitrogens with zero attached hydrogens (tertiary/aromatic N) is 1. The smallest absolute Gasteiger partial charge is 0.288 e. The molecule has 0 aromatic heterocycles. The molecule has 3 N–H and O–H groups in total. The molecule has 0 heterocycles. The molecule has 6 nitrogen and oxygen atoms in total. The van der Waals surface area contributed by atoms with Crippen molar-refractivity contribution >= 4 is 23.0 Å². The van der Waals surface area contributed by atoms with E-state index in [1.54, 1.807) is 6.92 Å². The van der Waals surface area contributed by atoms with Crippen LogP contribution in [0.1, 0.15) is 5.56 Å². The van der Waals surface area contributed by atoms with Gasteiger partial charge in [-0.1, -0.05) is 11.6 Å². The first kappa shape index (κ1) is 13.7. The number of aliphatic hydroxyl groups is 2. The van der Waals surface area contributed by atoms with Crippen LogP contribution in [0.2, 0.25) is 5.02 Å². The van der Waals surface area contributed by atoms with Crippen molar-refractivity contribution in [3.63, 3.8) is 0 Å². The van der Waals surface area contributed by atoms with Crippen LogP contribution in [0.5, 0.6) is 0 Å². The molecule has 17 heavy (non-hydrogen) atoms. The van der Waals surface area contributed by atoms with Gasteiger partial charge in [-0.25, -0.2) is 0 Å². The van der Waals surface area contributed by atoms with Crippen molar-refractivity contribution in [1.82, 2.24) is 0 Å². The molecule has 0 saturated heterocycles. The highest BCUT2D eigenvalue weighted by atomic mass is 35.5. The average molecular weight is 261 g/mol. The summed E-state index contributed by atoms with van der Waals surface area (Å²) < 4.78 is 0. The zero-order valence-corrected chi connectivity index (χ0v) is 9.94. The minimum Gasteiger partial charge on any atom is -0.394 e. The van der Waals surface area contributed by atoms with Crippen molar-refractivity contribution in [3.05, 3.63) is 32.8 Å². The third-order valence-corrected chi connectivity index (χ3v) is 2.59. The molecule has 0 atom stereocenters. The van der Waals surface area contributed by atoms with Crippen LogP contribution in [0.15, 0.2) is 12.1 Å². The molecular formula is C10H13ClN2O4. The van der Waals surface area contributed by atoms with Crippen LogP contribution < -0.4 is 5.32 Å². The Hall–Kier alpha value is -1.37. The van der Waals surface area contributed by atoms with Crippen LogP contribution in [0.25, 0.3) is 0 Å². The highest BCUT2D eigenvalue weighted by molar-refractivity contribution is 6.33. The molecule has 0 aliphatic heterocycles. The molecule has 1 rings (SSSR count). The lowest BCUT2D eigenvalue weighted by atomic mass is 10.1. The highest BCUT2D eigenvalue weighted by Crippen LogP contribution is 2.30. The van der Waals surface area contributed by atoms with Gasteiger partial charge in [0, 0.05) is 11.8 Å². The van der Waals surface area contributed by atoms with E-state index in [9.17, 15) is 10.1 Å². The van der Waals surface area contributed by atoms with Gasteiger partial charge < -0.3 is 15.5 Å². The summed E-state index contributed by atoms with van der Waals surface area (Å²) in [6.07, 6.45) is 0. The van der Waals surface area contributed by atoms with Gasteiger partial charge in [0.15, 0.2) is 0 Å². The second-order valence-electron chi connectivity index (χ2n) is 3.58. The summed E-state index contributed by atoms with van der Waals surface area (Å²) in [5, 5.41) is 31.4.